The molecule has 0 unspecified atom stereocenters. The van der Waals surface area contributed by atoms with Crippen molar-refractivity contribution in [2.24, 2.45) is 5.92 Å². The van der Waals surface area contributed by atoms with E-state index < -0.39 is 29.4 Å². The van der Waals surface area contributed by atoms with Crippen LogP contribution in [0, 0.1) is 5.92 Å². The van der Waals surface area contributed by atoms with E-state index in [4.69, 9.17) is 9.47 Å². The van der Waals surface area contributed by atoms with Gasteiger partial charge in [0.25, 0.3) is 0 Å². The number of aromatic nitrogens is 1. The van der Waals surface area contributed by atoms with Gasteiger partial charge in [0.1, 0.15) is 11.2 Å². The molecule has 10 heteroatoms. The first kappa shape index (κ1) is 32.0. The van der Waals surface area contributed by atoms with Gasteiger partial charge in [0.2, 0.25) is 0 Å². The molecule has 1 heterocycles. The largest absolute Gasteiger partial charge is 0.444 e. The average molecular weight is 522 g/mol. The Balaban J connectivity index is 2.90. The molecule has 0 aliphatic heterocycles. The van der Waals surface area contributed by atoms with E-state index in [1.54, 1.807) is 58.8 Å². The molecule has 10 nitrogen and oxygen atoms in total. The first-order chi connectivity index (χ1) is 17.2. The minimum absolute atomic E-state index is 0.104. The second kappa shape index (κ2) is 15.3. The molecular formula is C27H47N5O5. The number of nitrogens with zero attached hydrogens (tertiary/aromatic N) is 2. The van der Waals surface area contributed by atoms with Crippen molar-refractivity contribution in [2.75, 3.05) is 26.2 Å². The highest BCUT2D eigenvalue weighted by molar-refractivity contribution is 5.75. The molecule has 0 bridgehead atoms. The molecular weight excluding hydrogens is 474 g/mol. The summed E-state index contributed by atoms with van der Waals surface area (Å²) in [5.41, 5.74) is -0.155. The third kappa shape index (κ3) is 15.6. The molecule has 0 aromatic carbocycles. The van der Waals surface area contributed by atoms with Crippen molar-refractivity contribution in [1.82, 2.24) is 25.8 Å². The maximum Gasteiger partial charge on any atom is 0.407 e. The lowest BCUT2D eigenvalue weighted by molar-refractivity contribution is 0.0492. The van der Waals surface area contributed by atoms with Gasteiger partial charge in [0, 0.05) is 38.6 Å². The fraction of sp³-hybridized carbons (Fsp3) is 0.704. The number of carbonyl (C=O) groups is 3. The van der Waals surface area contributed by atoms with Crippen LogP contribution < -0.4 is 16.0 Å². The van der Waals surface area contributed by atoms with Crippen LogP contribution in [0.25, 0.3) is 0 Å². The summed E-state index contributed by atoms with van der Waals surface area (Å²) in [7, 11) is 0. The van der Waals surface area contributed by atoms with Gasteiger partial charge < -0.3 is 30.3 Å². The van der Waals surface area contributed by atoms with Crippen molar-refractivity contribution in [3.63, 3.8) is 0 Å². The third-order valence-electron chi connectivity index (χ3n) is 5.08. The number of rotatable bonds is 12. The lowest BCUT2D eigenvalue weighted by Crippen LogP contribution is -2.56. The molecule has 3 N–H and O–H groups in total. The lowest BCUT2D eigenvalue weighted by Gasteiger charge is -2.33. The van der Waals surface area contributed by atoms with Crippen LogP contribution in [0.3, 0.4) is 0 Å². The number of urea groups is 1. The van der Waals surface area contributed by atoms with Crippen LogP contribution >= 0.6 is 0 Å². The molecule has 37 heavy (non-hydrogen) atoms. The summed E-state index contributed by atoms with van der Waals surface area (Å²) in [5.74, 6) is 0.361. The van der Waals surface area contributed by atoms with E-state index in [1.807, 2.05) is 12.1 Å². The maximum absolute atomic E-state index is 13.3. The van der Waals surface area contributed by atoms with Crippen LogP contribution in [-0.2, 0) is 15.9 Å². The van der Waals surface area contributed by atoms with Crippen LogP contribution in [-0.4, -0.2) is 71.5 Å². The predicted octanol–water partition coefficient (Wildman–Crippen LogP) is 4.49. The van der Waals surface area contributed by atoms with E-state index in [0.717, 1.165) is 24.8 Å². The second-order valence-electron chi connectivity index (χ2n) is 11.5. The Morgan fingerprint density at radius 3 is 1.86 bits per heavy atom. The number of hydrogen-bond acceptors (Lipinski definition) is 6. The predicted molar refractivity (Wildman–Crippen MR) is 144 cm³/mol. The number of carbonyl (C=O) groups excluding carboxylic acids is 3. The summed E-state index contributed by atoms with van der Waals surface area (Å²) in [5, 5.41) is 8.48. The number of amides is 4. The Kier molecular flexibility index (Phi) is 13.2. The first-order valence-corrected chi connectivity index (χ1v) is 13.0. The van der Waals surface area contributed by atoms with Gasteiger partial charge in [-0.3, -0.25) is 4.98 Å². The number of nitrogens with one attached hydrogen (secondary N) is 3. The van der Waals surface area contributed by atoms with Crippen LogP contribution in [0.1, 0.15) is 73.8 Å². The summed E-state index contributed by atoms with van der Waals surface area (Å²) in [6.45, 7) is 16.0. The standard InChI is InChI=1S/C27H47N5O5/c1-20(2)13-17-32(23(33)29-14-9-10-21-11-15-28-16-12-21)22(18-30-24(34)36-26(3,4)5)19-31-25(35)37-27(6,7)8/h11-12,15-16,20,22H,9-10,13-14,17-19H2,1-8H3,(H,29,33)(H,30,34)(H,31,35). The van der Waals surface area contributed by atoms with Gasteiger partial charge in [-0.05, 0) is 84.4 Å². The third-order valence-corrected chi connectivity index (χ3v) is 5.08. The second-order valence-corrected chi connectivity index (χ2v) is 11.5. The molecule has 0 atom stereocenters. The number of hydrogen-bond donors (Lipinski definition) is 3. The summed E-state index contributed by atoms with van der Waals surface area (Å²) >= 11 is 0. The fourth-order valence-corrected chi connectivity index (χ4v) is 3.31. The van der Waals surface area contributed by atoms with Crippen molar-refractivity contribution >= 4 is 18.2 Å². The van der Waals surface area contributed by atoms with E-state index in [0.29, 0.717) is 19.0 Å². The van der Waals surface area contributed by atoms with Gasteiger partial charge in [0.15, 0.2) is 0 Å². The Hall–Kier alpha value is -3.04. The molecule has 1 rings (SSSR count). The van der Waals surface area contributed by atoms with Crippen LogP contribution in [0.2, 0.25) is 0 Å². The number of ether oxygens (including phenoxy) is 2. The SMILES string of the molecule is CC(C)CCN(C(=O)NCCCc1ccncc1)C(CNC(=O)OC(C)(C)C)CNC(=O)OC(C)(C)C. The molecule has 0 aliphatic carbocycles. The molecule has 1 aromatic heterocycles. The quantitative estimate of drug-likeness (QED) is 0.349. The summed E-state index contributed by atoms with van der Waals surface area (Å²) in [4.78, 5) is 43.6. The smallest absolute Gasteiger partial charge is 0.407 e. The van der Waals surface area contributed by atoms with E-state index >= 15 is 0 Å². The molecule has 210 valence electrons. The zero-order valence-corrected chi connectivity index (χ0v) is 23.8. The van der Waals surface area contributed by atoms with Gasteiger partial charge >= 0.3 is 18.2 Å². The minimum atomic E-state index is -0.655. The maximum atomic E-state index is 13.3. The average Bonchev–Trinajstić information content (AvgIpc) is 2.76. The van der Waals surface area contributed by atoms with E-state index in [9.17, 15) is 14.4 Å². The molecule has 0 spiro atoms. The van der Waals surface area contributed by atoms with Gasteiger partial charge in [-0.1, -0.05) is 13.8 Å². The number of alkyl carbamates (subject to hydrolysis) is 2. The van der Waals surface area contributed by atoms with Crippen LogP contribution in [0.15, 0.2) is 24.5 Å². The summed E-state index contributed by atoms with van der Waals surface area (Å²) < 4.78 is 10.7. The zero-order chi connectivity index (χ0) is 28.1. The highest BCUT2D eigenvalue weighted by atomic mass is 16.6. The first-order valence-electron chi connectivity index (χ1n) is 13.0. The van der Waals surface area contributed by atoms with Crippen LogP contribution in [0.5, 0.6) is 0 Å². The Bertz CT molecular complexity index is 802. The highest BCUT2D eigenvalue weighted by Crippen LogP contribution is 2.10. The Labute approximate surface area is 222 Å². The lowest BCUT2D eigenvalue weighted by atomic mass is 10.1. The number of pyridine rings is 1. The summed E-state index contributed by atoms with van der Waals surface area (Å²) in [6.07, 6.45) is 4.68. The Morgan fingerprint density at radius 2 is 1.41 bits per heavy atom. The monoisotopic (exact) mass is 521 g/mol. The highest BCUT2D eigenvalue weighted by Gasteiger charge is 2.27. The molecule has 0 saturated carbocycles. The van der Waals surface area contributed by atoms with Crippen molar-refractivity contribution in [3.8, 4) is 0 Å². The van der Waals surface area contributed by atoms with Gasteiger partial charge in [0.05, 0.1) is 6.04 Å². The zero-order valence-electron chi connectivity index (χ0n) is 23.8. The van der Waals surface area contributed by atoms with Gasteiger partial charge in [-0.15, -0.1) is 0 Å². The molecule has 0 fully saturated rings. The van der Waals surface area contributed by atoms with Crippen LogP contribution in [0.4, 0.5) is 14.4 Å². The normalized spacial score (nSPS) is 11.7. The molecule has 0 saturated heterocycles. The molecule has 0 aliphatic rings. The van der Waals surface area contributed by atoms with Crippen molar-refractivity contribution < 1.29 is 23.9 Å². The van der Waals surface area contributed by atoms with Gasteiger partial charge in [-0.2, -0.15) is 0 Å². The summed E-state index contributed by atoms with van der Waals surface area (Å²) in [6, 6.07) is 3.14. The molecule has 0 radical (unpaired) electrons. The van der Waals surface area contributed by atoms with Crippen molar-refractivity contribution in [2.45, 2.75) is 91.9 Å². The van der Waals surface area contributed by atoms with Gasteiger partial charge in [-0.25, -0.2) is 14.4 Å². The number of aryl methyl sites for hydroxylation is 1. The fourth-order valence-electron chi connectivity index (χ4n) is 3.31. The minimum Gasteiger partial charge on any atom is -0.444 e. The molecule has 1 aromatic rings. The van der Waals surface area contributed by atoms with E-state index in [1.165, 1.54) is 0 Å². The van der Waals surface area contributed by atoms with Crippen molar-refractivity contribution in [1.29, 1.82) is 0 Å². The topological polar surface area (TPSA) is 122 Å². The Morgan fingerprint density at radius 1 is 0.892 bits per heavy atom. The van der Waals surface area contributed by atoms with Crippen molar-refractivity contribution in [3.05, 3.63) is 30.1 Å². The van der Waals surface area contributed by atoms with E-state index in [2.05, 4.69) is 34.8 Å². The van der Waals surface area contributed by atoms with E-state index in [-0.39, 0.29) is 19.1 Å². The molecule has 4 amide bonds.